The molecule has 1 aromatic carbocycles. The predicted molar refractivity (Wildman–Crippen MR) is 90.4 cm³/mol. The van der Waals surface area contributed by atoms with Crippen molar-refractivity contribution in [2.45, 2.75) is 32.7 Å². The molecule has 0 spiro atoms. The summed E-state index contributed by atoms with van der Waals surface area (Å²) in [7, 11) is 0. The summed E-state index contributed by atoms with van der Waals surface area (Å²) < 4.78 is 18.1. The van der Waals surface area contributed by atoms with Gasteiger partial charge in [0.05, 0.1) is 29.3 Å². The van der Waals surface area contributed by atoms with Gasteiger partial charge in [-0.2, -0.15) is 0 Å². The fraction of sp³-hybridized carbons (Fsp3) is 0.529. The Morgan fingerprint density at radius 3 is 2.67 bits per heavy atom. The van der Waals surface area contributed by atoms with Crippen LogP contribution in [0.3, 0.4) is 0 Å². The highest BCUT2D eigenvalue weighted by atomic mass is 35.5. The molecule has 1 atom stereocenters. The van der Waals surface area contributed by atoms with Gasteiger partial charge in [0.2, 0.25) is 5.91 Å². The lowest BCUT2D eigenvalue weighted by atomic mass is 9.96. The minimum absolute atomic E-state index is 0.0944. The highest BCUT2D eigenvalue weighted by molar-refractivity contribution is 6.33. The third kappa shape index (κ3) is 4.68. The molecule has 1 fully saturated rings. The molecule has 1 saturated heterocycles. The van der Waals surface area contributed by atoms with Crippen LogP contribution in [0.4, 0.5) is 10.1 Å². The fourth-order valence-electron chi connectivity index (χ4n) is 2.78. The van der Waals surface area contributed by atoms with Crippen LogP contribution in [0, 0.1) is 11.7 Å². The Bertz CT molecular complexity index is 603. The maximum absolute atomic E-state index is 13.0. The molecule has 0 aliphatic carbocycles. The zero-order chi connectivity index (χ0) is 17.7. The Hall–Kier alpha value is -1.66. The largest absolute Gasteiger partial charge is 0.466 e. The van der Waals surface area contributed by atoms with Crippen LogP contribution in [0.25, 0.3) is 0 Å². The number of hydrogen-bond acceptors (Lipinski definition) is 4. The number of carbonyl (C=O) groups is 2. The fourth-order valence-corrected chi connectivity index (χ4v) is 2.99. The Morgan fingerprint density at radius 1 is 1.42 bits per heavy atom. The van der Waals surface area contributed by atoms with Crippen molar-refractivity contribution in [3.63, 3.8) is 0 Å². The Kier molecular flexibility index (Phi) is 6.57. The molecule has 1 amide bonds. The lowest BCUT2D eigenvalue weighted by molar-refractivity contribution is -0.149. The summed E-state index contributed by atoms with van der Waals surface area (Å²) in [5, 5.41) is 2.88. The number of hydrogen-bond donors (Lipinski definition) is 1. The molecule has 0 bridgehead atoms. The first-order valence-electron chi connectivity index (χ1n) is 8.09. The third-order valence-electron chi connectivity index (χ3n) is 4.27. The van der Waals surface area contributed by atoms with Crippen LogP contribution in [0.1, 0.15) is 26.7 Å². The molecule has 7 heteroatoms. The normalized spacial score (nSPS) is 17.3. The van der Waals surface area contributed by atoms with Gasteiger partial charge in [0.15, 0.2) is 0 Å². The van der Waals surface area contributed by atoms with Gasteiger partial charge in [-0.3, -0.25) is 14.5 Å². The minimum atomic E-state index is -0.452. The number of carbonyl (C=O) groups excluding carboxylic acids is 2. The summed E-state index contributed by atoms with van der Waals surface area (Å²) in [5.41, 5.74) is 0.385. The van der Waals surface area contributed by atoms with Crippen molar-refractivity contribution in [2.75, 3.05) is 25.0 Å². The van der Waals surface area contributed by atoms with Gasteiger partial charge >= 0.3 is 5.97 Å². The van der Waals surface area contributed by atoms with E-state index >= 15 is 0 Å². The van der Waals surface area contributed by atoms with E-state index in [1.165, 1.54) is 12.1 Å². The molecular formula is C17H22ClFN2O3. The van der Waals surface area contributed by atoms with Gasteiger partial charge in [0.1, 0.15) is 5.82 Å². The Labute approximate surface area is 146 Å². The maximum Gasteiger partial charge on any atom is 0.309 e. The van der Waals surface area contributed by atoms with Gasteiger partial charge in [-0.1, -0.05) is 11.6 Å². The number of likely N-dealkylation sites (tertiary alicyclic amines) is 1. The summed E-state index contributed by atoms with van der Waals surface area (Å²) in [6.07, 6.45) is 1.35. The van der Waals surface area contributed by atoms with E-state index in [4.69, 9.17) is 16.3 Å². The number of esters is 1. The van der Waals surface area contributed by atoms with Crippen LogP contribution in [0.5, 0.6) is 0 Å². The van der Waals surface area contributed by atoms with E-state index in [0.29, 0.717) is 38.2 Å². The van der Waals surface area contributed by atoms with Crippen molar-refractivity contribution in [1.29, 1.82) is 0 Å². The molecule has 1 aromatic rings. The summed E-state index contributed by atoms with van der Waals surface area (Å²) in [4.78, 5) is 26.1. The van der Waals surface area contributed by atoms with E-state index in [9.17, 15) is 14.0 Å². The number of nitrogens with zero attached hydrogens (tertiary/aromatic N) is 1. The van der Waals surface area contributed by atoms with Gasteiger partial charge in [-0.05, 0) is 58.0 Å². The van der Waals surface area contributed by atoms with Gasteiger partial charge in [0.25, 0.3) is 0 Å². The van der Waals surface area contributed by atoms with Crippen molar-refractivity contribution in [3.05, 3.63) is 29.0 Å². The van der Waals surface area contributed by atoms with Crippen LogP contribution in [-0.4, -0.2) is 42.5 Å². The monoisotopic (exact) mass is 356 g/mol. The summed E-state index contributed by atoms with van der Waals surface area (Å²) in [5.74, 6) is -0.916. The molecule has 1 N–H and O–H groups in total. The van der Waals surface area contributed by atoms with Crippen molar-refractivity contribution >= 4 is 29.2 Å². The molecule has 1 aliphatic rings. The first-order valence-corrected chi connectivity index (χ1v) is 8.46. The lowest BCUT2D eigenvalue weighted by Gasteiger charge is -2.34. The molecule has 0 radical (unpaired) electrons. The molecule has 5 nitrogen and oxygen atoms in total. The van der Waals surface area contributed by atoms with Crippen molar-refractivity contribution in [2.24, 2.45) is 5.92 Å². The zero-order valence-electron chi connectivity index (χ0n) is 13.9. The highest BCUT2D eigenvalue weighted by Gasteiger charge is 2.30. The predicted octanol–water partition coefficient (Wildman–Crippen LogP) is 3.08. The van der Waals surface area contributed by atoms with Gasteiger partial charge in [0, 0.05) is 0 Å². The maximum atomic E-state index is 13.0. The molecule has 1 unspecified atom stereocenters. The summed E-state index contributed by atoms with van der Waals surface area (Å²) >= 11 is 5.93. The van der Waals surface area contributed by atoms with Crippen molar-refractivity contribution in [3.8, 4) is 0 Å². The topological polar surface area (TPSA) is 58.6 Å². The molecular weight excluding hydrogens is 335 g/mol. The van der Waals surface area contributed by atoms with E-state index in [0.717, 1.165) is 6.07 Å². The van der Waals surface area contributed by atoms with Crippen LogP contribution >= 0.6 is 11.6 Å². The van der Waals surface area contributed by atoms with Crippen LogP contribution in [0.2, 0.25) is 5.02 Å². The van der Waals surface area contributed by atoms with Gasteiger partial charge in [-0.25, -0.2) is 4.39 Å². The lowest BCUT2D eigenvalue weighted by Crippen LogP contribution is -2.47. The summed E-state index contributed by atoms with van der Waals surface area (Å²) in [6.45, 7) is 5.28. The zero-order valence-corrected chi connectivity index (χ0v) is 14.6. The molecule has 1 aliphatic heterocycles. The Balaban J connectivity index is 1.89. The van der Waals surface area contributed by atoms with Gasteiger partial charge in [-0.15, -0.1) is 0 Å². The van der Waals surface area contributed by atoms with E-state index < -0.39 is 5.82 Å². The number of amides is 1. The van der Waals surface area contributed by atoms with Crippen molar-refractivity contribution < 1.29 is 18.7 Å². The van der Waals surface area contributed by atoms with E-state index in [-0.39, 0.29) is 28.9 Å². The minimum Gasteiger partial charge on any atom is -0.466 e. The number of rotatable bonds is 5. The SMILES string of the molecule is CCOC(=O)C1CCN(C(C)C(=O)Nc2ccc(F)cc2Cl)CC1. The quantitative estimate of drug-likeness (QED) is 0.824. The average Bonchev–Trinajstić information content (AvgIpc) is 2.57. The smallest absolute Gasteiger partial charge is 0.309 e. The highest BCUT2D eigenvalue weighted by Crippen LogP contribution is 2.24. The number of benzene rings is 1. The third-order valence-corrected chi connectivity index (χ3v) is 4.58. The molecule has 2 rings (SSSR count). The van der Waals surface area contributed by atoms with Gasteiger partial charge < -0.3 is 10.1 Å². The Morgan fingerprint density at radius 2 is 2.08 bits per heavy atom. The number of halogens is 2. The van der Waals surface area contributed by atoms with Crippen LogP contribution in [-0.2, 0) is 14.3 Å². The molecule has 1 heterocycles. The molecule has 0 aromatic heterocycles. The summed E-state index contributed by atoms with van der Waals surface area (Å²) in [6, 6.07) is 3.48. The van der Waals surface area contributed by atoms with Crippen molar-refractivity contribution in [1.82, 2.24) is 4.90 Å². The van der Waals surface area contributed by atoms with E-state index in [1.807, 2.05) is 4.90 Å². The first-order chi connectivity index (χ1) is 11.4. The number of anilines is 1. The van der Waals surface area contributed by atoms with E-state index in [1.54, 1.807) is 13.8 Å². The van der Waals surface area contributed by atoms with E-state index in [2.05, 4.69) is 5.32 Å². The van der Waals surface area contributed by atoms with Crippen LogP contribution < -0.4 is 5.32 Å². The molecule has 132 valence electrons. The number of piperidine rings is 1. The second-order valence-corrected chi connectivity index (χ2v) is 6.26. The second-order valence-electron chi connectivity index (χ2n) is 5.85. The van der Waals surface area contributed by atoms with Crippen LogP contribution in [0.15, 0.2) is 18.2 Å². The number of ether oxygens (including phenoxy) is 1. The number of nitrogens with one attached hydrogen (secondary N) is 1. The average molecular weight is 357 g/mol. The first kappa shape index (κ1) is 18.7. The molecule has 0 saturated carbocycles. The standard InChI is InChI=1S/C17H22ClFN2O3/c1-3-24-17(23)12-6-8-21(9-7-12)11(2)16(22)20-15-5-4-13(19)10-14(15)18/h4-5,10-12H,3,6-9H2,1-2H3,(H,20,22). The second kappa shape index (κ2) is 8.44. The molecule has 24 heavy (non-hydrogen) atoms.